The number of nitrogens with one attached hydrogen (secondary N) is 1. The smallest absolute Gasteiger partial charge is 0.335 e. The van der Waals surface area contributed by atoms with E-state index < -0.39 is 38.4 Å². The Labute approximate surface area is 175 Å². The monoisotopic (exact) mass is 449 g/mol. The minimum absolute atomic E-state index is 0.0299. The summed E-state index contributed by atoms with van der Waals surface area (Å²) in [4.78, 5) is 30.9. The van der Waals surface area contributed by atoms with E-state index in [0.717, 1.165) is 18.3 Å². The van der Waals surface area contributed by atoms with Crippen LogP contribution in [0.25, 0.3) is 0 Å². The minimum Gasteiger partial charge on any atom is -0.478 e. The van der Waals surface area contributed by atoms with Crippen LogP contribution >= 0.6 is 11.6 Å². The molecular weight excluding hydrogens is 437 g/mol. The highest BCUT2D eigenvalue weighted by Crippen LogP contribution is 2.19. The van der Waals surface area contributed by atoms with E-state index in [9.17, 15) is 22.4 Å². The normalized spacial score (nSPS) is 11.1. The number of carboxylic acid groups (broad SMARTS) is 1. The quantitative estimate of drug-likeness (QED) is 0.553. The van der Waals surface area contributed by atoms with Crippen molar-refractivity contribution in [3.8, 4) is 0 Å². The first kappa shape index (κ1) is 21.3. The number of rotatable bonds is 6. The van der Waals surface area contributed by atoms with Crippen molar-refractivity contribution in [2.45, 2.75) is 10.9 Å². The Bertz CT molecular complexity index is 1220. The van der Waals surface area contributed by atoms with Gasteiger partial charge < -0.3 is 10.4 Å². The molecule has 0 atom stereocenters. The van der Waals surface area contributed by atoms with Gasteiger partial charge in [-0.2, -0.15) is 0 Å². The van der Waals surface area contributed by atoms with E-state index in [1.807, 2.05) is 0 Å². The molecular formula is C19H13ClFN3O5S. The third-order valence-corrected chi connectivity index (χ3v) is 5.62. The van der Waals surface area contributed by atoms with Crippen molar-refractivity contribution in [3.05, 3.63) is 82.4 Å². The summed E-state index contributed by atoms with van der Waals surface area (Å²) in [5.41, 5.74) is 0.240. The van der Waals surface area contributed by atoms with Gasteiger partial charge in [0.2, 0.25) is 15.0 Å². The molecule has 0 spiro atoms. The van der Waals surface area contributed by atoms with Gasteiger partial charge in [0.1, 0.15) is 5.82 Å². The van der Waals surface area contributed by atoms with Crippen molar-refractivity contribution in [1.29, 1.82) is 0 Å². The van der Waals surface area contributed by atoms with E-state index in [1.165, 1.54) is 36.4 Å². The van der Waals surface area contributed by atoms with Gasteiger partial charge in [0.05, 0.1) is 22.5 Å². The maximum atomic E-state index is 13.0. The Balaban J connectivity index is 1.84. The molecule has 3 rings (SSSR count). The summed E-state index contributed by atoms with van der Waals surface area (Å²) in [6.07, 6.45) is 0.995. The average Bonchev–Trinajstić information content (AvgIpc) is 2.70. The van der Waals surface area contributed by atoms with E-state index in [1.54, 1.807) is 0 Å². The molecule has 0 unspecified atom stereocenters. The summed E-state index contributed by atoms with van der Waals surface area (Å²) in [5.74, 6) is -2.92. The van der Waals surface area contributed by atoms with E-state index in [2.05, 4.69) is 15.3 Å². The summed E-state index contributed by atoms with van der Waals surface area (Å²) in [6.45, 7) is 0. The van der Waals surface area contributed by atoms with Crippen LogP contribution in [0.5, 0.6) is 0 Å². The summed E-state index contributed by atoms with van der Waals surface area (Å²) < 4.78 is 38.2. The number of hydrogen-bond donors (Lipinski definition) is 2. The Morgan fingerprint density at radius 2 is 1.70 bits per heavy atom. The molecule has 0 fully saturated rings. The third kappa shape index (κ3) is 4.97. The number of benzene rings is 2. The van der Waals surface area contributed by atoms with Crippen LogP contribution in [0.1, 0.15) is 26.4 Å². The average molecular weight is 450 g/mol. The van der Waals surface area contributed by atoms with Gasteiger partial charge in [-0.25, -0.2) is 27.6 Å². The molecule has 11 heteroatoms. The van der Waals surface area contributed by atoms with Crippen molar-refractivity contribution < 1.29 is 27.5 Å². The summed E-state index contributed by atoms with van der Waals surface area (Å²) >= 11 is 5.95. The number of amides is 1. The first-order chi connectivity index (χ1) is 14.2. The molecule has 1 amide bonds. The molecule has 8 nitrogen and oxygen atoms in total. The molecule has 30 heavy (non-hydrogen) atoms. The maximum Gasteiger partial charge on any atom is 0.335 e. The lowest BCUT2D eigenvalue weighted by Crippen LogP contribution is -2.18. The SMILES string of the molecule is O=C(O)c1ccc(NC(=O)c2nc(S(=O)(=O)Cc3ccc(F)cc3)ncc2Cl)cc1. The molecule has 154 valence electrons. The Kier molecular flexibility index (Phi) is 6.09. The topological polar surface area (TPSA) is 126 Å². The number of anilines is 1. The number of nitrogens with zero attached hydrogens (tertiary/aromatic N) is 2. The second-order valence-corrected chi connectivity index (χ2v) is 8.36. The van der Waals surface area contributed by atoms with Gasteiger partial charge >= 0.3 is 5.97 Å². The summed E-state index contributed by atoms with van der Waals surface area (Å²) in [5, 5.41) is 10.6. The van der Waals surface area contributed by atoms with Crippen LogP contribution in [0.15, 0.2) is 59.9 Å². The predicted molar refractivity (Wildman–Crippen MR) is 106 cm³/mol. The zero-order valence-corrected chi connectivity index (χ0v) is 16.6. The van der Waals surface area contributed by atoms with Crippen LogP contribution < -0.4 is 5.32 Å². The van der Waals surface area contributed by atoms with Crippen LogP contribution in [0, 0.1) is 5.82 Å². The number of sulfone groups is 1. The van der Waals surface area contributed by atoms with Crippen molar-refractivity contribution in [3.63, 3.8) is 0 Å². The van der Waals surface area contributed by atoms with Gasteiger partial charge in [0.15, 0.2) is 5.69 Å². The second-order valence-electron chi connectivity index (χ2n) is 6.07. The molecule has 0 aliphatic rings. The van der Waals surface area contributed by atoms with Crippen molar-refractivity contribution in [2.75, 3.05) is 5.32 Å². The van der Waals surface area contributed by atoms with E-state index >= 15 is 0 Å². The van der Waals surface area contributed by atoms with Crippen LogP contribution in [-0.4, -0.2) is 35.4 Å². The first-order valence-corrected chi connectivity index (χ1v) is 10.3. The standard InChI is InChI=1S/C19H13ClFN3O5S/c20-15-9-22-19(30(28,29)10-11-1-5-13(21)6-2-11)24-16(15)17(25)23-14-7-3-12(4-8-14)18(26)27/h1-9H,10H2,(H,23,25)(H,26,27). The molecule has 2 N–H and O–H groups in total. The third-order valence-electron chi connectivity index (χ3n) is 3.87. The fourth-order valence-corrected chi connectivity index (χ4v) is 3.79. The van der Waals surface area contributed by atoms with Crippen molar-refractivity contribution >= 4 is 39.0 Å². The molecule has 0 bridgehead atoms. The van der Waals surface area contributed by atoms with Gasteiger partial charge in [-0.05, 0) is 42.0 Å². The highest BCUT2D eigenvalue weighted by atomic mass is 35.5. The molecule has 3 aromatic rings. The van der Waals surface area contributed by atoms with Crippen LogP contribution in [-0.2, 0) is 15.6 Å². The molecule has 1 heterocycles. The predicted octanol–water partition coefficient (Wildman–Crippen LogP) is 3.19. The van der Waals surface area contributed by atoms with Crippen molar-refractivity contribution in [1.82, 2.24) is 9.97 Å². The van der Waals surface area contributed by atoms with Gasteiger partial charge in [-0.1, -0.05) is 23.7 Å². The van der Waals surface area contributed by atoms with Gasteiger partial charge in [-0.15, -0.1) is 0 Å². The Morgan fingerprint density at radius 1 is 1.07 bits per heavy atom. The van der Waals surface area contributed by atoms with Gasteiger partial charge in [0, 0.05) is 5.69 Å². The zero-order chi connectivity index (χ0) is 21.9. The lowest BCUT2D eigenvalue weighted by Gasteiger charge is -2.08. The lowest BCUT2D eigenvalue weighted by molar-refractivity contribution is 0.0696. The molecule has 1 aromatic heterocycles. The van der Waals surface area contributed by atoms with Crippen LogP contribution in [0.4, 0.5) is 10.1 Å². The zero-order valence-electron chi connectivity index (χ0n) is 15.0. The molecule has 0 saturated carbocycles. The Morgan fingerprint density at radius 3 is 2.30 bits per heavy atom. The molecule has 0 aliphatic heterocycles. The number of aromatic nitrogens is 2. The molecule has 2 aromatic carbocycles. The van der Waals surface area contributed by atoms with E-state index in [0.29, 0.717) is 5.56 Å². The summed E-state index contributed by atoms with van der Waals surface area (Å²) in [7, 11) is -4.04. The highest BCUT2D eigenvalue weighted by molar-refractivity contribution is 7.90. The number of carbonyl (C=O) groups is 2. The summed E-state index contributed by atoms with van der Waals surface area (Å²) in [6, 6.07) is 10.2. The lowest BCUT2D eigenvalue weighted by atomic mass is 10.2. The van der Waals surface area contributed by atoms with Gasteiger partial charge in [-0.3, -0.25) is 4.79 Å². The number of hydrogen-bond acceptors (Lipinski definition) is 6. The van der Waals surface area contributed by atoms with Crippen LogP contribution in [0.3, 0.4) is 0 Å². The largest absolute Gasteiger partial charge is 0.478 e. The van der Waals surface area contributed by atoms with Gasteiger partial charge in [0.25, 0.3) is 5.91 Å². The maximum absolute atomic E-state index is 13.0. The van der Waals surface area contributed by atoms with Crippen LogP contribution in [0.2, 0.25) is 5.02 Å². The van der Waals surface area contributed by atoms with Crippen molar-refractivity contribution in [2.24, 2.45) is 0 Å². The molecule has 0 saturated heterocycles. The van der Waals surface area contributed by atoms with E-state index in [4.69, 9.17) is 16.7 Å². The minimum atomic E-state index is -4.04. The van der Waals surface area contributed by atoms with E-state index in [-0.39, 0.29) is 22.0 Å². The number of carboxylic acids is 1. The highest BCUT2D eigenvalue weighted by Gasteiger charge is 2.23. The number of halogens is 2. The fourth-order valence-electron chi connectivity index (χ4n) is 2.41. The molecule has 0 aliphatic carbocycles. The molecule has 0 radical (unpaired) electrons. The fraction of sp³-hybridized carbons (Fsp3) is 0.0526. The number of aromatic carboxylic acids is 1. The first-order valence-electron chi connectivity index (χ1n) is 8.30. The second kappa shape index (κ2) is 8.56. The number of carbonyl (C=O) groups excluding carboxylic acids is 1. The Hall–Kier alpha value is -3.37.